The number of hydrogen-bond donors (Lipinski definition) is 2. The lowest BCUT2D eigenvalue weighted by atomic mass is 10.3. The fourth-order valence-corrected chi connectivity index (χ4v) is 1.41. The van der Waals surface area contributed by atoms with Crippen molar-refractivity contribution in [3.8, 4) is 0 Å². The minimum atomic E-state index is -0.535. The van der Waals surface area contributed by atoms with Crippen molar-refractivity contribution < 1.29 is 5.11 Å². The normalized spacial score (nSPS) is 17.7. The summed E-state index contributed by atoms with van der Waals surface area (Å²) >= 11 is 0. The maximum Gasteiger partial charge on any atom is 0.347 e. The van der Waals surface area contributed by atoms with E-state index in [0.717, 1.165) is 0 Å². The van der Waals surface area contributed by atoms with E-state index in [1.165, 1.54) is 23.6 Å². The largest absolute Gasteiger partial charge is 0.390 e. The molecule has 0 amide bonds. The summed E-state index contributed by atoms with van der Waals surface area (Å²) in [5.74, 6) is 0. The van der Waals surface area contributed by atoms with Crippen LogP contribution in [0.4, 0.5) is 0 Å². The second-order valence-corrected chi connectivity index (χ2v) is 3.89. The van der Waals surface area contributed by atoms with E-state index >= 15 is 0 Å². The molecule has 1 aromatic rings. The van der Waals surface area contributed by atoms with Gasteiger partial charge in [0.2, 0.25) is 0 Å². The maximum absolute atomic E-state index is 11.2. The van der Waals surface area contributed by atoms with Crippen LogP contribution < -0.4 is 11.0 Å². The molecule has 15 heavy (non-hydrogen) atoms. The van der Waals surface area contributed by atoms with Gasteiger partial charge < -0.3 is 10.4 Å². The average molecular weight is 209 g/mol. The number of nitrogens with zero attached hydrogens (tertiary/aromatic N) is 2. The number of aromatic nitrogens is 2. The average Bonchev–Trinajstić information content (AvgIpc) is 3.02. The number of rotatable bonds is 5. The zero-order valence-electron chi connectivity index (χ0n) is 8.47. The van der Waals surface area contributed by atoms with Crippen LogP contribution in [0, 0.1) is 0 Å². The van der Waals surface area contributed by atoms with Gasteiger partial charge in [-0.05, 0) is 18.9 Å². The molecular formula is C10H15N3O2. The van der Waals surface area contributed by atoms with E-state index in [9.17, 15) is 9.90 Å². The summed E-state index contributed by atoms with van der Waals surface area (Å²) in [6.45, 7) is 0.832. The Morgan fingerprint density at radius 1 is 1.67 bits per heavy atom. The Kier molecular flexibility index (Phi) is 3.13. The van der Waals surface area contributed by atoms with Crippen LogP contribution in [-0.4, -0.2) is 33.3 Å². The van der Waals surface area contributed by atoms with Crippen molar-refractivity contribution in [3.05, 3.63) is 28.9 Å². The fraction of sp³-hybridized carbons (Fsp3) is 0.600. The minimum absolute atomic E-state index is 0.298. The van der Waals surface area contributed by atoms with Gasteiger partial charge in [-0.25, -0.2) is 9.78 Å². The molecule has 5 heteroatoms. The van der Waals surface area contributed by atoms with Gasteiger partial charge in [0.1, 0.15) is 0 Å². The van der Waals surface area contributed by atoms with Crippen LogP contribution in [-0.2, 0) is 6.54 Å². The van der Waals surface area contributed by atoms with Crippen LogP contribution in [0.5, 0.6) is 0 Å². The van der Waals surface area contributed by atoms with Crippen molar-refractivity contribution in [2.75, 3.05) is 6.54 Å². The lowest BCUT2D eigenvalue weighted by molar-refractivity contribution is 0.149. The van der Waals surface area contributed by atoms with Crippen molar-refractivity contribution >= 4 is 0 Å². The van der Waals surface area contributed by atoms with Crippen LogP contribution in [0.3, 0.4) is 0 Å². The number of aliphatic hydroxyl groups is 1. The van der Waals surface area contributed by atoms with Gasteiger partial charge >= 0.3 is 5.69 Å². The predicted octanol–water partition coefficient (Wildman–Crippen LogP) is -0.644. The van der Waals surface area contributed by atoms with Crippen molar-refractivity contribution in [2.45, 2.75) is 31.5 Å². The number of hydrogen-bond acceptors (Lipinski definition) is 4. The maximum atomic E-state index is 11.2. The zero-order valence-corrected chi connectivity index (χ0v) is 8.47. The van der Waals surface area contributed by atoms with E-state index in [1.807, 2.05) is 0 Å². The minimum Gasteiger partial charge on any atom is -0.390 e. The van der Waals surface area contributed by atoms with Gasteiger partial charge in [0, 0.05) is 25.0 Å². The SMILES string of the molecule is O=c1ncccn1CC(O)CNC1CC1. The molecule has 2 rings (SSSR count). The van der Waals surface area contributed by atoms with Crippen molar-refractivity contribution in [1.82, 2.24) is 14.9 Å². The molecule has 0 radical (unpaired) electrons. The molecule has 0 saturated heterocycles. The van der Waals surface area contributed by atoms with E-state index in [-0.39, 0.29) is 5.69 Å². The van der Waals surface area contributed by atoms with Crippen LogP contribution in [0.25, 0.3) is 0 Å². The van der Waals surface area contributed by atoms with Crippen molar-refractivity contribution in [1.29, 1.82) is 0 Å². The predicted molar refractivity (Wildman–Crippen MR) is 55.5 cm³/mol. The highest BCUT2D eigenvalue weighted by atomic mass is 16.3. The monoisotopic (exact) mass is 209 g/mol. The second-order valence-electron chi connectivity index (χ2n) is 3.89. The summed E-state index contributed by atoms with van der Waals surface area (Å²) in [5, 5.41) is 12.9. The van der Waals surface area contributed by atoms with Gasteiger partial charge in [-0.1, -0.05) is 0 Å². The quantitative estimate of drug-likeness (QED) is 0.676. The number of aliphatic hydroxyl groups excluding tert-OH is 1. The Bertz CT molecular complexity index is 373. The zero-order chi connectivity index (χ0) is 10.7. The summed E-state index contributed by atoms with van der Waals surface area (Å²) in [6.07, 6.45) is 4.94. The van der Waals surface area contributed by atoms with Crippen molar-refractivity contribution in [2.24, 2.45) is 0 Å². The fourth-order valence-electron chi connectivity index (χ4n) is 1.41. The van der Waals surface area contributed by atoms with Crippen LogP contribution >= 0.6 is 0 Å². The molecular weight excluding hydrogens is 194 g/mol. The van der Waals surface area contributed by atoms with E-state index in [0.29, 0.717) is 19.1 Å². The molecule has 0 bridgehead atoms. The molecule has 82 valence electrons. The first-order valence-corrected chi connectivity index (χ1v) is 5.18. The summed E-state index contributed by atoms with van der Waals surface area (Å²) in [6, 6.07) is 2.26. The highest BCUT2D eigenvalue weighted by Gasteiger charge is 2.21. The molecule has 0 aromatic carbocycles. The van der Waals surface area contributed by atoms with Gasteiger partial charge in [0.15, 0.2) is 0 Å². The molecule has 0 aliphatic heterocycles. The van der Waals surface area contributed by atoms with Gasteiger partial charge in [-0.2, -0.15) is 0 Å². The highest BCUT2D eigenvalue weighted by Crippen LogP contribution is 2.18. The van der Waals surface area contributed by atoms with Crippen molar-refractivity contribution in [3.63, 3.8) is 0 Å². The lowest BCUT2D eigenvalue weighted by Gasteiger charge is -2.12. The Hall–Kier alpha value is -1.20. The smallest absolute Gasteiger partial charge is 0.347 e. The molecule has 1 saturated carbocycles. The lowest BCUT2D eigenvalue weighted by Crippen LogP contribution is -2.35. The Balaban J connectivity index is 1.84. The molecule has 1 aromatic heterocycles. The van der Waals surface area contributed by atoms with Gasteiger partial charge in [-0.3, -0.25) is 4.57 Å². The van der Waals surface area contributed by atoms with E-state index in [2.05, 4.69) is 10.3 Å². The third kappa shape index (κ3) is 3.14. The summed E-state index contributed by atoms with van der Waals surface area (Å²) in [5.41, 5.74) is -0.317. The Morgan fingerprint density at radius 2 is 2.47 bits per heavy atom. The molecule has 5 nitrogen and oxygen atoms in total. The second kappa shape index (κ2) is 4.55. The highest BCUT2D eigenvalue weighted by molar-refractivity contribution is 4.84. The summed E-state index contributed by atoms with van der Waals surface area (Å²) in [7, 11) is 0. The standard InChI is InChI=1S/C10H15N3O2/c14-9(6-12-8-2-3-8)7-13-5-1-4-11-10(13)15/h1,4-5,8-9,12,14H,2-3,6-7H2. The molecule has 1 aliphatic rings. The van der Waals surface area contributed by atoms with Gasteiger partial charge in [0.05, 0.1) is 12.6 Å². The molecule has 1 fully saturated rings. The van der Waals surface area contributed by atoms with Crippen LogP contribution in [0.1, 0.15) is 12.8 Å². The topological polar surface area (TPSA) is 67.2 Å². The first-order chi connectivity index (χ1) is 7.25. The molecule has 0 spiro atoms. The van der Waals surface area contributed by atoms with Gasteiger partial charge in [-0.15, -0.1) is 0 Å². The van der Waals surface area contributed by atoms with E-state index in [1.54, 1.807) is 12.3 Å². The van der Waals surface area contributed by atoms with Crippen LogP contribution in [0.2, 0.25) is 0 Å². The first-order valence-electron chi connectivity index (χ1n) is 5.18. The Morgan fingerprint density at radius 3 is 3.13 bits per heavy atom. The summed E-state index contributed by atoms with van der Waals surface area (Å²) < 4.78 is 1.42. The van der Waals surface area contributed by atoms with E-state index in [4.69, 9.17) is 0 Å². The Labute approximate surface area is 87.8 Å². The summed E-state index contributed by atoms with van der Waals surface area (Å²) in [4.78, 5) is 14.8. The van der Waals surface area contributed by atoms with Crippen LogP contribution in [0.15, 0.2) is 23.3 Å². The van der Waals surface area contributed by atoms with Gasteiger partial charge in [0.25, 0.3) is 0 Å². The molecule has 1 heterocycles. The molecule has 1 aliphatic carbocycles. The number of nitrogens with one attached hydrogen (secondary N) is 1. The first kappa shape index (κ1) is 10.3. The third-order valence-corrected chi connectivity index (χ3v) is 2.41. The molecule has 1 unspecified atom stereocenters. The third-order valence-electron chi connectivity index (χ3n) is 2.41. The molecule has 2 N–H and O–H groups in total. The van der Waals surface area contributed by atoms with E-state index < -0.39 is 6.10 Å². The molecule has 1 atom stereocenters.